The van der Waals surface area contributed by atoms with Crippen LogP contribution >= 0.6 is 11.3 Å². The molecule has 0 spiro atoms. The fraction of sp³-hybridized carbons (Fsp3) is 0.400. The van der Waals surface area contributed by atoms with Gasteiger partial charge < -0.3 is 15.2 Å². The van der Waals surface area contributed by atoms with Gasteiger partial charge in [0, 0.05) is 24.4 Å². The molecule has 0 amide bonds. The molecule has 108 valence electrons. The molecule has 1 aromatic heterocycles. The number of aromatic nitrogens is 1. The number of hydrogen-bond acceptors (Lipinski definition) is 5. The van der Waals surface area contributed by atoms with Crippen molar-refractivity contribution in [2.45, 2.75) is 26.0 Å². The molecule has 0 radical (unpaired) electrons. The highest BCUT2D eigenvalue weighted by Gasteiger charge is 2.14. The normalized spacial score (nSPS) is 12.3. The summed E-state index contributed by atoms with van der Waals surface area (Å²) in [5, 5.41) is 1.04. The Labute approximate surface area is 123 Å². The molecule has 2 aromatic rings. The first kappa shape index (κ1) is 15.0. The van der Waals surface area contributed by atoms with Gasteiger partial charge in [-0.3, -0.25) is 0 Å². The number of ether oxygens (including phenoxy) is 2. The lowest BCUT2D eigenvalue weighted by molar-refractivity contribution is 0.181. The van der Waals surface area contributed by atoms with Crippen LogP contribution in [0.3, 0.4) is 0 Å². The van der Waals surface area contributed by atoms with E-state index in [1.54, 1.807) is 18.4 Å². The predicted molar refractivity (Wildman–Crippen MR) is 81.1 cm³/mol. The van der Waals surface area contributed by atoms with Gasteiger partial charge in [0.15, 0.2) is 0 Å². The monoisotopic (exact) mass is 292 g/mol. The van der Waals surface area contributed by atoms with Crippen LogP contribution < -0.4 is 10.5 Å². The van der Waals surface area contributed by atoms with E-state index in [9.17, 15) is 0 Å². The molecule has 0 aliphatic carbocycles. The number of thiazole rings is 1. The predicted octanol–water partition coefficient (Wildman–Crippen LogP) is 2.93. The van der Waals surface area contributed by atoms with Gasteiger partial charge in [0.25, 0.3) is 0 Å². The largest absolute Gasteiger partial charge is 0.493 e. The highest BCUT2D eigenvalue weighted by molar-refractivity contribution is 7.11. The molecule has 0 saturated carbocycles. The lowest BCUT2D eigenvalue weighted by Gasteiger charge is -2.03. The number of nitrogens with zero attached hydrogens (tertiary/aromatic N) is 1. The molecule has 1 heterocycles. The summed E-state index contributed by atoms with van der Waals surface area (Å²) in [5.41, 5.74) is 6.91. The second-order valence-corrected chi connectivity index (χ2v) is 5.67. The van der Waals surface area contributed by atoms with Crippen molar-refractivity contribution in [1.82, 2.24) is 4.98 Å². The van der Waals surface area contributed by atoms with Gasteiger partial charge in [0.05, 0.1) is 23.9 Å². The van der Waals surface area contributed by atoms with Gasteiger partial charge in [-0.2, -0.15) is 0 Å². The lowest BCUT2D eigenvalue weighted by atomic mass is 10.2. The maximum atomic E-state index is 5.96. The zero-order valence-corrected chi connectivity index (χ0v) is 12.7. The van der Waals surface area contributed by atoms with E-state index in [0.29, 0.717) is 13.2 Å². The minimum Gasteiger partial charge on any atom is -0.493 e. The first-order valence-electron chi connectivity index (χ1n) is 6.61. The molecule has 0 aliphatic heterocycles. The summed E-state index contributed by atoms with van der Waals surface area (Å²) in [6.07, 6.45) is 0.781. The summed E-state index contributed by atoms with van der Waals surface area (Å²) < 4.78 is 10.8. The minimum atomic E-state index is -0.0126. The summed E-state index contributed by atoms with van der Waals surface area (Å²) in [4.78, 5) is 5.68. The van der Waals surface area contributed by atoms with Gasteiger partial charge in [0.2, 0.25) is 0 Å². The molecule has 4 nitrogen and oxygen atoms in total. The summed E-state index contributed by atoms with van der Waals surface area (Å²) in [5.74, 6) is 0.883. The smallest absolute Gasteiger partial charge is 0.119 e. The standard InChI is InChI=1S/C15H20N2O2S/c1-11(16)15-13(10-18-2)17-14(20-15)8-9-19-12-6-4-3-5-7-12/h3-7,11H,8-10,16H2,1-2H3. The third-order valence-electron chi connectivity index (χ3n) is 2.79. The Balaban J connectivity index is 1.94. The Morgan fingerprint density at radius 3 is 2.70 bits per heavy atom. The molecule has 0 bridgehead atoms. The second kappa shape index (κ2) is 7.38. The molecule has 1 aromatic carbocycles. The molecule has 2 rings (SSSR count). The van der Waals surface area contributed by atoms with Crippen molar-refractivity contribution in [3.8, 4) is 5.75 Å². The van der Waals surface area contributed by atoms with Crippen molar-refractivity contribution >= 4 is 11.3 Å². The maximum absolute atomic E-state index is 5.96. The van der Waals surface area contributed by atoms with Gasteiger partial charge in [0.1, 0.15) is 5.75 Å². The van der Waals surface area contributed by atoms with Crippen LogP contribution in [0.25, 0.3) is 0 Å². The quantitative estimate of drug-likeness (QED) is 0.852. The van der Waals surface area contributed by atoms with E-state index < -0.39 is 0 Å². The molecule has 1 atom stereocenters. The topological polar surface area (TPSA) is 57.4 Å². The van der Waals surface area contributed by atoms with Gasteiger partial charge >= 0.3 is 0 Å². The molecular formula is C15H20N2O2S. The van der Waals surface area contributed by atoms with Crippen molar-refractivity contribution in [1.29, 1.82) is 0 Å². The molecule has 0 saturated heterocycles. The van der Waals surface area contributed by atoms with Crippen LogP contribution in [0.2, 0.25) is 0 Å². The highest BCUT2D eigenvalue weighted by Crippen LogP contribution is 2.25. The van der Waals surface area contributed by atoms with E-state index in [2.05, 4.69) is 4.98 Å². The summed E-state index contributed by atoms with van der Waals surface area (Å²) in [7, 11) is 1.67. The van der Waals surface area contributed by atoms with Crippen molar-refractivity contribution < 1.29 is 9.47 Å². The van der Waals surface area contributed by atoms with E-state index in [1.807, 2.05) is 37.3 Å². The fourth-order valence-corrected chi connectivity index (χ4v) is 2.89. The molecule has 20 heavy (non-hydrogen) atoms. The van der Waals surface area contributed by atoms with E-state index in [4.69, 9.17) is 15.2 Å². The Hall–Kier alpha value is -1.43. The lowest BCUT2D eigenvalue weighted by Crippen LogP contribution is -2.06. The van der Waals surface area contributed by atoms with E-state index in [0.717, 1.165) is 27.7 Å². The minimum absolute atomic E-state index is 0.0126. The van der Waals surface area contributed by atoms with Crippen LogP contribution in [0.5, 0.6) is 5.75 Å². The number of rotatable bonds is 7. The highest BCUT2D eigenvalue weighted by atomic mass is 32.1. The Morgan fingerprint density at radius 2 is 2.05 bits per heavy atom. The summed E-state index contributed by atoms with van der Waals surface area (Å²) >= 11 is 1.65. The Morgan fingerprint density at radius 1 is 1.30 bits per heavy atom. The summed E-state index contributed by atoms with van der Waals surface area (Å²) in [6, 6.07) is 9.78. The van der Waals surface area contributed by atoms with Crippen LogP contribution in [0.4, 0.5) is 0 Å². The third-order valence-corrected chi connectivity index (χ3v) is 4.15. The zero-order valence-electron chi connectivity index (χ0n) is 11.8. The third kappa shape index (κ3) is 4.03. The number of methoxy groups -OCH3 is 1. The van der Waals surface area contributed by atoms with Crippen LogP contribution in [0.15, 0.2) is 30.3 Å². The van der Waals surface area contributed by atoms with E-state index >= 15 is 0 Å². The Bertz CT molecular complexity index is 526. The SMILES string of the molecule is COCc1nc(CCOc2ccccc2)sc1C(C)N. The number of benzene rings is 1. The average molecular weight is 292 g/mol. The maximum Gasteiger partial charge on any atom is 0.119 e. The second-order valence-electron chi connectivity index (χ2n) is 4.55. The first-order chi connectivity index (χ1) is 9.70. The van der Waals surface area contributed by atoms with Crippen molar-refractivity contribution in [3.05, 3.63) is 45.9 Å². The number of para-hydroxylation sites is 1. The zero-order chi connectivity index (χ0) is 14.4. The molecule has 0 fully saturated rings. The van der Waals surface area contributed by atoms with Crippen LogP contribution in [-0.4, -0.2) is 18.7 Å². The number of hydrogen-bond donors (Lipinski definition) is 1. The van der Waals surface area contributed by atoms with Crippen LogP contribution in [0, 0.1) is 0 Å². The van der Waals surface area contributed by atoms with E-state index in [1.165, 1.54) is 0 Å². The fourth-order valence-electron chi connectivity index (χ4n) is 1.89. The molecule has 1 unspecified atom stereocenters. The van der Waals surface area contributed by atoms with Gasteiger partial charge in [-0.15, -0.1) is 11.3 Å². The molecule has 5 heteroatoms. The molecule has 2 N–H and O–H groups in total. The molecule has 0 aliphatic rings. The van der Waals surface area contributed by atoms with Gasteiger partial charge in [-0.1, -0.05) is 18.2 Å². The first-order valence-corrected chi connectivity index (χ1v) is 7.43. The van der Waals surface area contributed by atoms with Crippen molar-refractivity contribution in [2.75, 3.05) is 13.7 Å². The Kier molecular flexibility index (Phi) is 5.52. The van der Waals surface area contributed by atoms with Gasteiger partial charge in [-0.25, -0.2) is 4.98 Å². The van der Waals surface area contributed by atoms with Crippen LogP contribution in [-0.2, 0) is 17.8 Å². The number of nitrogens with two attached hydrogens (primary N) is 1. The average Bonchev–Trinajstić information content (AvgIpc) is 2.84. The molecular weight excluding hydrogens is 272 g/mol. The van der Waals surface area contributed by atoms with Crippen LogP contribution in [0.1, 0.15) is 28.5 Å². The van der Waals surface area contributed by atoms with Gasteiger partial charge in [-0.05, 0) is 19.1 Å². The van der Waals surface area contributed by atoms with Crippen molar-refractivity contribution in [3.63, 3.8) is 0 Å². The summed E-state index contributed by atoms with van der Waals surface area (Å²) in [6.45, 7) is 3.09. The van der Waals surface area contributed by atoms with E-state index in [-0.39, 0.29) is 6.04 Å². The van der Waals surface area contributed by atoms with Crippen molar-refractivity contribution in [2.24, 2.45) is 5.73 Å².